The lowest BCUT2D eigenvalue weighted by atomic mass is 9.88. The number of rotatable bonds is 11. The molecule has 3 fully saturated rings. The van der Waals surface area contributed by atoms with Crippen molar-refractivity contribution in [1.29, 1.82) is 0 Å². The minimum atomic E-state index is -0.701. The minimum Gasteiger partial charge on any atom is -0.453 e. The summed E-state index contributed by atoms with van der Waals surface area (Å²) >= 11 is 0. The lowest BCUT2D eigenvalue weighted by Crippen LogP contribution is -2.51. The van der Waals surface area contributed by atoms with E-state index in [0.29, 0.717) is 24.8 Å². The number of nitrogens with one attached hydrogen (secondary N) is 5. The summed E-state index contributed by atoms with van der Waals surface area (Å²) < 4.78 is 9.61. The zero-order valence-electron chi connectivity index (χ0n) is 38.2. The fourth-order valence-electron chi connectivity index (χ4n) is 10.7. The molecule has 9 rings (SSSR count). The average Bonchev–Trinajstić information content (AvgIpc) is 4.16. The van der Waals surface area contributed by atoms with Crippen LogP contribution in [-0.4, -0.2) is 98.1 Å². The van der Waals surface area contributed by atoms with Gasteiger partial charge in [-0.1, -0.05) is 52.8 Å². The number of nitrogens with zero attached hydrogens (tertiary/aromatic N) is 5. The van der Waals surface area contributed by atoms with Gasteiger partial charge in [-0.25, -0.2) is 19.6 Å². The molecule has 3 aromatic heterocycles. The molecule has 0 saturated carbocycles. The Hall–Kier alpha value is -6.29. The van der Waals surface area contributed by atoms with Gasteiger partial charge in [-0.3, -0.25) is 14.6 Å². The van der Waals surface area contributed by atoms with Gasteiger partial charge in [-0.05, 0) is 103 Å². The van der Waals surface area contributed by atoms with Crippen molar-refractivity contribution in [3.05, 3.63) is 77.6 Å². The Labute approximate surface area is 379 Å². The van der Waals surface area contributed by atoms with E-state index in [4.69, 9.17) is 24.4 Å². The van der Waals surface area contributed by atoms with E-state index in [0.717, 1.165) is 83.5 Å². The highest BCUT2D eigenvalue weighted by Crippen LogP contribution is 2.52. The molecular weight excluding hydrogens is 825 g/mol. The molecule has 16 nitrogen and oxygen atoms in total. The standard InChI is InChI=1S/C49H60N10O6/c1-25(2)42(56-48(62)64-6)46(60)58-18-8-10-38(58)44-51-24-37(55-44)29-13-16-32(50-23-29)31-15-14-30(40-35-20-27(5)21-36(52-35)41(31)40)28-12-17-33-34(22-28)54-45(53-33)39-11-9-19-59(39)47(61)43(26(3)4)57-49(63)65-7/h12-17,22-27,35-36,38-39,42-43,52H,8-11,18-21H2,1-7H3,(H,51,55)(H,53,54)(H,56,62)(H,57,63). The Bertz CT molecular complexity index is 2600. The molecule has 2 aromatic carbocycles. The van der Waals surface area contributed by atoms with Gasteiger partial charge >= 0.3 is 12.2 Å². The summed E-state index contributed by atoms with van der Waals surface area (Å²) in [5.41, 5.74) is 10.4. The Kier molecular flexibility index (Phi) is 12.1. The second kappa shape index (κ2) is 17.9. The zero-order valence-corrected chi connectivity index (χ0v) is 38.2. The van der Waals surface area contributed by atoms with Crippen molar-refractivity contribution in [1.82, 2.24) is 50.7 Å². The number of H-pyrrole nitrogens is 2. The summed E-state index contributed by atoms with van der Waals surface area (Å²) in [5.74, 6) is 1.51. The van der Waals surface area contributed by atoms with Gasteiger partial charge in [0.25, 0.3) is 0 Å². The van der Waals surface area contributed by atoms with Crippen LogP contribution in [-0.2, 0) is 19.1 Å². The van der Waals surface area contributed by atoms with Crippen molar-refractivity contribution in [2.75, 3.05) is 27.3 Å². The lowest BCUT2D eigenvalue weighted by Gasteiger charge is -2.30. The topological polar surface area (TPSA) is 200 Å². The van der Waals surface area contributed by atoms with Crippen LogP contribution in [0.5, 0.6) is 0 Å². The molecule has 7 heterocycles. The van der Waals surface area contributed by atoms with Crippen molar-refractivity contribution in [3.8, 4) is 33.6 Å². The molecule has 7 atom stereocenters. The zero-order chi connectivity index (χ0) is 45.7. The summed E-state index contributed by atoms with van der Waals surface area (Å²) in [6.07, 6.45) is 7.76. The summed E-state index contributed by atoms with van der Waals surface area (Å²) in [6.45, 7) is 11.2. The number of aromatic amines is 2. The van der Waals surface area contributed by atoms with E-state index in [9.17, 15) is 19.2 Å². The Morgan fingerprint density at radius 2 is 1.29 bits per heavy atom. The van der Waals surface area contributed by atoms with Gasteiger partial charge in [0, 0.05) is 42.5 Å². The van der Waals surface area contributed by atoms with Crippen LogP contribution in [0.15, 0.2) is 54.9 Å². The summed E-state index contributed by atoms with van der Waals surface area (Å²) in [7, 11) is 2.60. The van der Waals surface area contributed by atoms with Gasteiger partial charge in [-0.15, -0.1) is 0 Å². The third kappa shape index (κ3) is 8.32. The molecule has 342 valence electrons. The van der Waals surface area contributed by atoms with Crippen molar-refractivity contribution >= 4 is 35.0 Å². The highest BCUT2D eigenvalue weighted by Gasteiger charge is 2.42. The molecule has 2 bridgehead atoms. The number of methoxy groups -OCH3 is 2. The number of benzene rings is 2. The first-order chi connectivity index (χ1) is 31.3. The molecule has 4 amide bonds. The summed E-state index contributed by atoms with van der Waals surface area (Å²) in [5, 5.41) is 9.40. The van der Waals surface area contributed by atoms with E-state index in [2.05, 4.69) is 75.3 Å². The van der Waals surface area contributed by atoms with Crippen LogP contribution < -0.4 is 16.0 Å². The van der Waals surface area contributed by atoms with Gasteiger partial charge in [0.2, 0.25) is 11.8 Å². The average molecular weight is 885 g/mol. The number of amides is 4. The largest absolute Gasteiger partial charge is 0.453 e. The van der Waals surface area contributed by atoms with E-state index >= 15 is 0 Å². The van der Waals surface area contributed by atoms with Crippen LogP contribution in [0.3, 0.4) is 0 Å². The number of carbonyl (C=O) groups excluding carboxylic acids is 4. The predicted octanol–water partition coefficient (Wildman–Crippen LogP) is 7.89. The van der Waals surface area contributed by atoms with Gasteiger partial charge in [0.15, 0.2) is 0 Å². The van der Waals surface area contributed by atoms with Gasteiger partial charge in [0.1, 0.15) is 23.7 Å². The molecule has 5 aromatic rings. The highest BCUT2D eigenvalue weighted by atomic mass is 16.5. The number of hydrogen-bond acceptors (Lipinski definition) is 10. The lowest BCUT2D eigenvalue weighted by molar-refractivity contribution is -0.136. The molecule has 16 heteroatoms. The first-order valence-corrected chi connectivity index (χ1v) is 23.1. The molecular formula is C49H60N10O6. The third-order valence-corrected chi connectivity index (χ3v) is 13.9. The second-order valence-electron chi connectivity index (χ2n) is 18.9. The molecule has 65 heavy (non-hydrogen) atoms. The SMILES string of the molecule is COC(=O)NC(C(=O)N1CCCC1c1ncc(-c2ccc(-c3ccc(-c4ccc5nc(C6CCCN6C(=O)C(NC(=O)OC)C(C)C)[nH]c5c4)c4c3C3CC(C)CC4N3)nc2)[nH]1)C(C)C. The Morgan fingerprint density at radius 3 is 1.88 bits per heavy atom. The number of piperidine rings is 1. The fourth-order valence-corrected chi connectivity index (χ4v) is 10.7. The maximum Gasteiger partial charge on any atom is 0.407 e. The molecule has 7 unspecified atom stereocenters. The number of likely N-dealkylation sites (tertiary alicyclic amines) is 2. The maximum absolute atomic E-state index is 13.8. The monoisotopic (exact) mass is 884 g/mol. The van der Waals surface area contributed by atoms with E-state index in [1.807, 2.05) is 43.7 Å². The molecule has 4 aliphatic heterocycles. The number of ether oxygens (including phenoxy) is 2. The van der Waals surface area contributed by atoms with Crippen LogP contribution in [0.1, 0.15) is 120 Å². The number of fused-ring (bicyclic) bond motifs is 6. The fraction of sp³-hybridized carbons (Fsp3) is 0.490. The van der Waals surface area contributed by atoms with Crippen LogP contribution >= 0.6 is 0 Å². The number of hydrogen-bond donors (Lipinski definition) is 5. The molecule has 3 saturated heterocycles. The maximum atomic E-state index is 13.8. The van der Waals surface area contributed by atoms with Crippen molar-refractivity contribution in [2.45, 2.75) is 109 Å². The van der Waals surface area contributed by atoms with Gasteiger partial charge in [-0.2, -0.15) is 0 Å². The van der Waals surface area contributed by atoms with Gasteiger partial charge < -0.3 is 45.2 Å². The first kappa shape index (κ1) is 43.9. The predicted molar refractivity (Wildman–Crippen MR) is 245 cm³/mol. The van der Waals surface area contributed by atoms with Crippen LogP contribution in [0, 0.1) is 17.8 Å². The second-order valence-corrected chi connectivity index (χ2v) is 18.9. The van der Waals surface area contributed by atoms with E-state index in [1.165, 1.54) is 30.9 Å². The highest BCUT2D eigenvalue weighted by molar-refractivity contribution is 5.88. The van der Waals surface area contributed by atoms with E-state index < -0.39 is 24.3 Å². The number of alkyl carbamates (subject to hydrolysis) is 2. The van der Waals surface area contributed by atoms with Crippen LogP contribution in [0.2, 0.25) is 0 Å². The van der Waals surface area contributed by atoms with Crippen molar-refractivity contribution in [2.24, 2.45) is 17.8 Å². The molecule has 0 aliphatic carbocycles. The summed E-state index contributed by atoms with van der Waals surface area (Å²) in [4.78, 5) is 77.2. The Balaban J connectivity index is 0.972. The number of pyridine rings is 1. The van der Waals surface area contributed by atoms with E-state index in [1.54, 1.807) is 6.20 Å². The van der Waals surface area contributed by atoms with Crippen LogP contribution in [0.25, 0.3) is 44.7 Å². The molecule has 5 N–H and O–H groups in total. The number of imidazole rings is 2. The first-order valence-electron chi connectivity index (χ1n) is 23.1. The summed E-state index contributed by atoms with van der Waals surface area (Å²) in [6, 6.07) is 13.5. The smallest absolute Gasteiger partial charge is 0.407 e. The molecule has 0 spiro atoms. The number of aromatic nitrogens is 5. The third-order valence-electron chi connectivity index (χ3n) is 13.9. The number of carbonyl (C=O) groups is 4. The van der Waals surface area contributed by atoms with Crippen LogP contribution in [0.4, 0.5) is 9.59 Å². The van der Waals surface area contributed by atoms with E-state index in [-0.39, 0.29) is 47.8 Å². The molecule has 0 radical (unpaired) electrons. The quantitative estimate of drug-likeness (QED) is 0.0869. The normalized spacial score (nSPS) is 22.3. The molecule has 4 aliphatic rings. The van der Waals surface area contributed by atoms with Crippen molar-refractivity contribution in [3.63, 3.8) is 0 Å². The Morgan fingerprint density at radius 1 is 0.708 bits per heavy atom. The van der Waals surface area contributed by atoms with Gasteiger partial charge in [0.05, 0.1) is 54.9 Å². The van der Waals surface area contributed by atoms with Crippen molar-refractivity contribution < 1.29 is 28.7 Å². The minimum absolute atomic E-state index is 0.115.